The van der Waals surface area contributed by atoms with Crippen molar-refractivity contribution in [2.75, 3.05) is 12.4 Å². The van der Waals surface area contributed by atoms with Gasteiger partial charge in [-0.3, -0.25) is 4.79 Å². The minimum absolute atomic E-state index is 0.221. The molecule has 1 atom stereocenters. The lowest BCUT2D eigenvalue weighted by Crippen LogP contribution is -2.27. The molecule has 9 heteroatoms. The molecule has 4 rings (SSSR count). The monoisotopic (exact) mass is 470 g/mol. The zero-order chi connectivity index (χ0) is 20.9. The molecule has 3 aromatic rings. The molecule has 2 heterocycles. The second-order valence-electron chi connectivity index (χ2n) is 6.52. The fraction of sp³-hybridized carbons (Fsp3) is 0.190. The maximum Gasteiger partial charge on any atom is 0.268 e. The maximum atomic E-state index is 12.6. The van der Waals surface area contributed by atoms with Crippen LogP contribution in [0.15, 0.2) is 70.6 Å². The van der Waals surface area contributed by atoms with Crippen LogP contribution in [0.3, 0.4) is 0 Å². The molecule has 1 aromatic heterocycles. The summed E-state index contributed by atoms with van der Waals surface area (Å²) >= 11 is 3.38. The van der Waals surface area contributed by atoms with Crippen LogP contribution in [0.1, 0.15) is 12.0 Å². The Morgan fingerprint density at radius 3 is 2.87 bits per heavy atom. The summed E-state index contributed by atoms with van der Waals surface area (Å²) in [7, 11) is 1.59. The standard InChI is InChI=1S/C21H19BrN4O4/c1-28-19-5-3-2-4-17(19)18-10-20(30-25-18)21(27)24-15-11-23-26(12-15)13-29-16-8-6-14(22)7-9-16/h2-9,11-12,20H,10,13H2,1H3,(H,24,27). The van der Waals surface area contributed by atoms with Gasteiger partial charge in [0.05, 0.1) is 30.9 Å². The van der Waals surface area contributed by atoms with E-state index >= 15 is 0 Å². The quantitative estimate of drug-likeness (QED) is 0.566. The molecule has 1 aliphatic heterocycles. The van der Waals surface area contributed by atoms with Crippen LogP contribution in [0.2, 0.25) is 0 Å². The number of rotatable bonds is 7. The van der Waals surface area contributed by atoms with Crippen molar-refractivity contribution in [3.8, 4) is 11.5 Å². The number of hydrogen-bond donors (Lipinski definition) is 1. The first kappa shape index (κ1) is 20.0. The highest BCUT2D eigenvalue weighted by Gasteiger charge is 2.30. The van der Waals surface area contributed by atoms with Crippen molar-refractivity contribution in [1.29, 1.82) is 0 Å². The number of hydrogen-bond acceptors (Lipinski definition) is 6. The Balaban J connectivity index is 1.31. The van der Waals surface area contributed by atoms with Crippen LogP contribution >= 0.6 is 15.9 Å². The number of amides is 1. The molecule has 0 aliphatic carbocycles. The molecule has 1 aliphatic rings. The van der Waals surface area contributed by atoms with E-state index in [4.69, 9.17) is 14.3 Å². The lowest BCUT2D eigenvalue weighted by atomic mass is 10.0. The van der Waals surface area contributed by atoms with E-state index in [2.05, 4.69) is 31.5 Å². The fourth-order valence-electron chi connectivity index (χ4n) is 2.95. The molecule has 1 amide bonds. The van der Waals surface area contributed by atoms with E-state index in [-0.39, 0.29) is 12.6 Å². The highest BCUT2D eigenvalue weighted by atomic mass is 79.9. The number of carbonyl (C=O) groups excluding carboxylic acids is 1. The summed E-state index contributed by atoms with van der Waals surface area (Å²) in [5.74, 6) is 1.12. The van der Waals surface area contributed by atoms with Crippen molar-refractivity contribution in [1.82, 2.24) is 9.78 Å². The van der Waals surface area contributed by atoms with Crippen LogP contribution in [0.5, 0.6) is 11.5 Å². The predicted molar refractivity (Wildman–Crippen MR) is 115 cm³/mol. The van der Waals surface area contributed by atoms with Crippen molar-refractivity contribution in [2.45, 2.75) is 19.3 Å². The van der Waals surface area contributed by atoms with Crippen LogP contribution in [0.25, 0.3) is 0 Å². The summed E-state index contributed by atoms with van der Waals surface area (Å²) in [6.45, 7) is 0.221. The van der Waals surface area contributed by atoms with E-state index in [9.17, 15) is 4.79 Å². The zero-order valence-electron chi connectivity index (χ0n) is 16.1. The number of halogens is 1. The Morgan fingerprint density at radius 2 is 2.07 bits per heavy atom. The first-order valence-corrected chi connectivity index (χ1v) is 9.99. The number of methoxy groups -OCH3 is 1. The zero-order valence-corrected chi connectivity index (χ0v) is 17.7. The van der Waals surface area contributed by atoms with Crippen molar-refractivity contribution in [2.24, 2.45) is 5.16 Å². The van der Waals surface area contributed by atoms with Gasteiger partial charge in [-0.2, -0.15) is 5.10 Å². The Labute approximate surface area is 181 Å². The molecular formula is C21H19BrN4O4. The number of benzene rings is 2. The van der Waals surface area contributed by atoms with Gasteiger partial charge in [-0.05, 0) is 36.4 Å². The number of anilines is 1. The fourth-order valence-corrected chi connectivity index (χ4v) is 3.22. The van der Waals surface area contributed by atoms with Gasteiger partial charge >= 0.3 is 0 Å². The number of carbonyl (C=O) groups is 1. The lowest BCUT2D eigenvalue weighted by molar-refractivity contribution is -0.125. The van der Waals surface area contributed by atoms with Crippen LogP contribution in [0.4, 0.5) is 5.69 Å². The molecule has 0 bridgehead atoms. The average molecular weight is 471 g/mol. The van der Waals surface area contributed by atoms with Gasteiger partial charge in [-0.1, -0.05) is 33.2 Å². The van der Waals surface area contributed by atoms with E-state index < -0.39 is 6.10 Å². The SMILES string of the molecule is COc1ccccc1C1=NOC(C(=O)Nc2cnn(COc3ccc(Br)cc3)c2)C1. The van der Waals surface area contributed by atoms with E-state index in [0.29, 0.717) is 23.6 Å². The summed E-state index contributed by atoms with van der Waals surface area (Å²) in [5.41, 5.74) is 2.04. The minimum atomic E-state index is -0.715. The highest BCUT2D eigenvalue weighted by molar-refractivity contribution is 9.10. The van der Waals surface area contributed by atoms with Crippen molar-refractivity contribution in [3.63, 3.8) is 0 Å². The molecule has 0 saturated heterocycles. The van der Waals surface area contributed by atoms with Gasteiger partial charge in [-0.25, -0.2) is 4.68 Å². The minimum Gasteiger partial charge on any atom is -0.496 e. The molecule has 154 valence electrons. The first-order valence-electron chi connectivity index (χ1n) is 9.20. The van der Waals surface area contributed by atoms with Crippen LogP contribution in [-0.2, 0) is 16.4 Å². The normalized spacial score (nSPS) is 15.3. The number of oxime groups is 1. The Morgan fingerprint density at radius 1 is 1.27 bits per heavy atom. The van der Waals surface area contributed by atoms with E-state index in [1.165, 1.54) is 0 Å². The molecule has 0 fully saturated rings. The molecular weight excluding hydrogens is 452 g/mol. The molecule has 8 nitrogen and oxygen atoms in total. The molecule has 1 unspecified atom stereocenters. The molecule has 0 spiro atoms. The second kappa shape index (κ2) is 9.00. The van der Waals surface area contributed by atoms with Crippen molar-refractivity contribution >= 4 is 33.2 Å². The Kier molecular flexibility index (Phi) is 5.99. The number of nitrogens with zero attached hydrogens (tertiary/aromatic N) is 3. The summed E-state index contributed by atoms with van der Waals surface area (Å²) in [5, 5.41) is 11.1. The molecule has 0 radical (unpaired) electrons. The Bertz CT molecular complexity index is 1060. The first-order chi connectivity index (χ1) is 14.6. The topological polar surface area (TPSA) is 87.0 Å². The largest absolute Gasteiger partial charge is 0.496 e. The second-order valence-corrected chi connectivity index (χ2v) is 7.44. The highest BCUT2D eigenvalue weighted by Crippen LogP contribution is 2.25. The third-order valence-corrected chi connectivity index (χ3v) is 4.99. The smallest absolute Gasteiger partial charge is 0.268 e. The molecule has 30 heavy (non-hydrogen) atoms. The van der Waals surface area contributed by atoms with Crippen molar-refractivity contribution < 1.29 is 19.1 Å². The van der Waals surface area contributed by atoms with Crippen LogP contribution in [-0.4, -0.2) is 34.6 Å². The van der Waals surface area contributed by atoms with E-state index in [1.807, 2.05) is 48.5 Å². The molecule has 1 N–H and O–H groups in total. The number of nitrogens with one attached hydrogen (secondary N) is 1. The Hall–Kier alpha value is -3.33. The predicted octanol–water partition coefficient (Wildman–Crippen LogP) is 3.82. The summed E-state index contributed by atoms with van der Waals surface area (Å²) in [6, 6.07) is 15.0. The van der Waals surface area contributed by atoms with Gasteiger partial charge in [0, 0.05) is 16.5 Å². The average Bonchev–Trinajstić information content (AvgIpc) is 3.43. The summed E-state index contributed by atoms with van der Waals surface area (Å²) in [4.78, 5) is 17.9. The number of aromatic nitrogens is 2. The van der Waals surface area contributed by atoms with Gasteiger partial charge in [0.1, 0.15) is 11.5 Å². The summed E-state index contributed by atoms with van der Waals surface area (Å²) in [6.07, 6.45) is 2.88. The molecule has 0 saturated carbocycles. The van der Waals surface area contributed by atoms with E-state index in [1.54, 1.807) is 24.2 Å². The number of ether oxygens (including phenoxy) is 2. The molecule has 2 aromatic carbocycles. The van der Waals surface area contributed by atoms with Gasteiger partial charge in [0.25, 0.3) is 5.91 Å². The third-order valence-electron chi connectivity index (χ3n) is 4.46. The van der Waals surface area contributed by atoms with Crippen LogP contribution < -0.4 is 14.8 Å². The maximum absolute atomic E-state index is 12.6. The van der Waals surface area contributed by atoms with E-state index in [0.717, 1.165) is 15.8 Å². The van der Waals surface area contributed by atoms with Gasteiger partial charge in [0.2, 0.25) is 6.10 Å². The summed E-state index contributed by atoms with van der Waals surface area (Å²) < 4.78 is 13.6. The van der Waals surface area contributed by atoms with Crippen LogP contribution in [0, 0.1) is 0 Å². The lowest BCUT2D eigenvalue weighted by Gasteiger charge is -2.09. The van der Waals surface area contributed by atoms with Gasteiger partial charge < -0.3 is 19.6 Å². The van der Waals surface area contributed by atoms with Gasteiger partial charge in [-0.15, -0.1) is 0 Å². The number of para-hydroxylation sites is 1. The van der Waals surface area contributed by atoms with Gasteiger partial charge in [0.15, 0.2) is 6.73 Å². The van der Waals surface area contributed by atoms with Crippen molar-refractivity contribution in [3.05, 3.63) is 71.0 Å². The third kappa shape index (κ3) is 4.62.